The summed E-state index contributed by atoms with van der Waals surface area (Å²) in [6, 6.07) is 3.51. The summed E-state index contributed by atoms with van der Waals surface area (Å²) in [5.41, 5.74) is -5.84. The van der Waals surface area contributed by atoms with E-state index in [1.54, 1.807) is 0 Å². The maximum Gasteiger partial charge on any atom is 0.439 e. The maximum atomic E-state index is 13.4. The van der Waals surface area contributed by atoms with Gasteiger partial charge in [0.05, 0.1) is 5.69 Å². The van der Waals surface area contributed by atoms with Crippen LogP contribution in [-0.2, 0) is 4.79 Å². The van der Waals surface area contributed by atoms with Crippen molar-refractivity contribution < 1.29 is 35.5 Å². The number of carbonyl (C=O) groups is 1. The largest absolute Gasteiger partial charge is 0.439 e. The zero-order valence-electron chi connectivity index (χ0n) is 11.1. The SMILES string of the molecule is CCC(=O)NC(Nc1ccccc1F)(C(F)(F)F)C(F)(F)F. The Morgan fingerprint density at radius 1 is 1.05 bits per heavy atom. The van der Waals surface area contributed by atoms with E-state index in [-0.39, 0.29) is 0 Å². The van der Waals surface area contributed by atoms with E-state index in [1.165, 1.54) is 0 Å². The van der Waals surface area contributed by atoms with E-state index in [1.807, 2.05) is 0 Å². The number of rotatable bonds is 4. The van der Waals surface area contributed by atoms with Crippen LogP contribution in [0, 0.1) is 5.82 Å². The fraction of sp³-hybridized carbons (Fsp3) is 0.417. The van der Waals surface area contributed by atoms with Crippen molar-refractivity contribution in [1.29, 1.82) is 0 Å². The number of alkyl halides is 6. The Hall–Kier alpha value is -2.00. The second kappa shape index (κ2) is 6.01. The highest BCUT2D eigenvalue weighted by atomic mass is 19.4. The molecule has 0 aliphatic rings. The van der Waals surface area contributed by atoms with Gasteiger partial charge in [-0.05, 0) is 12.1 Å². The lowest BCUT2D eigenvalue weighted by atomic mass is 10.1. The molecular weight excluding hydrogens is 321 g/mol. The van der Waals surface area contributed by atoms with Crippen LogP contribution in [0.4, 0.5) is 36.4 Å². The molecule has 0 atom stereocenters. The van der Waals surface area contributed by atoms with E-state index in [0.29, 0.717) is 12.1 Å². The minimum absolute atomic E-state index is 0.618. The normalized spacial score (nSPS) is 12.9. The molecule has 0 aromatic heterocycles. The first-order valence-corrected chi connectivity index (χ1v) is 5.92. The molecule has 0 heterocycles. The molecule has 0 saturated carbocycles. The van der Waals surface area contributed by atoms with Gasteiger partial charge in [0.1, 0.15) is 5.82 Å². The number of amides is 1. The van der Waals surface area contributed by atoms with Crippen LogP contribution >= 0.6 is 0 Å². The number of hydrogen-bond acceptors (Lipinski definition) is 2. The minimum Gasteiger partial charge on any atom is -0.345 e. The first kappa shape index (κ1) is 18.1. The number of halogens is 7. The molecule has 10 heteroatoms. The standard InChI is InChI=1S/C12H11F7N2O/c1-2-9(22)21-10(11(14,15)16,12(17,18)19)20-8-6-4-3-5-7(8)13/h3-6,20H,2H2,1H3,(H,21,22). The quantitative estimate of drug-likeness (QED) is 0.654. The van der Waals surface area contributed by atoms with Gasteiger partial charge in [-0.15, -0.1) is 0 Å². The number of carbonyl (C=O) groups excluding carboxylic acids is 1. The molecule has 3 nitrogen and oxygen atoms in total. The van der Waals surface area contributed by atoms with Crippen LogP contribution in [0.1, 0.15) is 13.3 Å². The van der Waals surface area contributed by atoms with Gasteiger partial charge in [-0.3, -0.25) is 4.79 Å². The van der Waals surface area contributed by atoms with Gasteiger partial charge in [0.25, 0.3) is 0 Å². The van der Waals surface area contributed by atoms with Crippen LogP contribution in [0.25, 0.3) is 0 Å². The fourth-order valence-corrected chi connectivity index (χ4v) is 1.54. The Balaban J connectivity index is 3.43. The first-order chi connectivity index (χ1) is 9.94. The van der Waals surface area contributed by atoms with Crippen molar-refractivity contribution in [3.8, 4) is 0 Å². The second-order valence-corrected chi connectivity index (χ2v) is 4.25. The molecule has 1 aromatic rings. The third kappa shape index (κ3) is 3.42. The van der Waals surface area contributed by atoms with Gasteiger partial charge < -0.3 is 10.6 Å². The molecule has 2 N–H and O–H groups in total. The Bertz CT molecular complexity index is 525. The topological polar surface area (TPSA) is 41.1 Å². The van der Waals surface area contributed by atoms with E-state index in [9.17, 15) is 35.5 Å². The number of benzene rings is 1. The number of nitrogens with one attached hydrogen (secondary N) is 2. The fourth-order valence-electron chi connectivity index (χ4n) is 1.54. The summed E-state index contributed by atoms with van der Waals surface area (Å²) in [6.07, 6.45) is -12.5. The Morgan fingerprint density at radius 3 is 1.95 bits per heavy atom. The maximum absolute atomic E-state index is 13.4. The molecule has 0 aliphatic carbocycles. The minimum atomic E-state index is -5.96. The van der Waals surface area contributed by atoms with Crippen LogP contribution < -0.4 is 10.6 Å². The van der Waals surface area contributed by atoms with Crippen molar-refractivity contribution in [3.05, 3.63) is 30.1 Å². The van der Waals surface area contributed by atoms with Gasteiger partial charge in [-0.2, -0.15) is 26.3 Å². The van der Waals surface area contributed by atoms with Gasteiger partial charge in [-0.1, -0.05) is 19.1 Å². The van der Waals surface area contributed by atoms with Crippen LogP contribution in [0.15, 0.2) is 24.3 Å². The molecule has 0 unspecified atom stereocenters. The molecular formula is C12H11F7N2O. The molecule has 0 bridgehead atoms. The summed E-state index contributed by atoms with van der Waals surface area (Å²) in [7, 11) is 0. The van der Waals surface area contributed by atoms with E-state index in [0.717, 1.165) is 29.7 Å². The summed E-state index contributed by atoms with van der Waals surface area (Å²) in [5, 5.41) is 1.92. The average molecular weight is 332 g/mol. The molecule has 0 aliphatic heterocycles. The average Bonchev–Trinajstić information content (AvgIpc) is 2.37. The molecule has 0 fully saturated rings. The summed E-state index contributed by atoms with van der Waals surface area (Å²) in [4.78, 5) is 11.2. The highest BCUT2D eigenvalue weighted by Crippen LogP contribution is 2.43. The molecule has 0 spiro atoms. The van der Waals surface area contributed by atoms with Crippen molar-refractivity contribution in [2.45, 2.75) is 31.4 Å². The van der Waals surface area contributed by atoms with Gasteiger partial charge in [-0.25, -0.2) is 4.39 Å². The summed E-state index contributed by atoms with van der Waals surface area (Å²) < 4.78 is 91.8. The Kier molecular flexibility index (Phi) is 4.93. The van der Waals surface area contributed by atoms with Crippen molar-refractivity contribution >= 4 is 11.6 Å². The van der Waals surface area contributed by atoms with Crippen molar-refractivity contribution in [1.82, 2.24) is 5.32 Å². The Morgan fingerprint density at radius 2 is 1.55 bits per heavy atom. The highest BCUT2D eigenvalue weighted by Gasteiger charge is 2.72. The molecule has 124 valence electrons. The van der Waals surface area contributed by atoms with Crippen LogP contribution in [-0.4, -0.2) is 23.9 Å². The van der Waals surface area contributed by atoms with Gasteiger partial charge in [0, 0.05) is 6.42 Å². The number of hydrogen-bond donors (Lipinski definition) is 2. The zero-order chi connectivity index (χ0) is 17.2. The van der Waals surface area contributed by atoms with Crippen LogP contribution in [0.3, 0.4) is 0 Å². The summed E-state index contributed by atoms with van der Waals surface area (Å²) in [5.74, 6) is -2.83. The lowest BCUT2D eigenvalue weighted by Gasteiger charge is -2.38. The number of anilines is 1. The first-order valence-electron chi connectivity index (χ1n) is 5.92. The lowest BCUT2D eigenvalue weighted by Crippen LogP contribution is -2.72. The van der Waals surface area contributed by atoms with Crippen molar-refractivity contribution in [2.24, 2.45) is 0 Å². The van der Waals surface area contributed by atoms with E-state index in [4.69, 9.17) is 0 Å². The van der Waals surface area contributed by atoms with E-state index in [2.05, 4.69) is 0 Å². The van der Waals surface area contributed by atoms with Gasteiger partial charge >= 0.3 is 18.0 Å². The molecule has 22 heavy (non-hydrogen) atoms. The number of para-hydroxylation sites is 1. The molecule has 1 rings (SSSR count). The van der Waals surface area contributed by atoms with E-state index < -0.39 is 41.8 Å². The summed E-state index contributed by atoms with van der Waals surface area (Å²) in [6.45, 7) is 1.08. The third-order valence-corrected chi connectivity index (χ3v) is 2.69. The smallest absolute Gasteiger partial charge is 0.345 e. The molecule has 0 radical (unpaired) electrons. The van der Waals surface area contributed by atoms with Gasteiger partial charge in [0.15, 0.2) is 0 Å². The van der Waals surface area contributed by atoms with Crippen LogP contribution in [0.5, 0.6) is 0 Å². The molecule has 1 amide bonds. The predicted molar refractivity (Wildman–Crippen MR) is 63.3 cm³/mol. The Labute approximate surface area is 120 Å². The molecule has 0 saturated heterocycles. The summed E-state index contributed by atoms with van der Waals surface area (Å²) >= 11 is 0. The second-order valence-electron chi connectivity index (χ2n) is 4.25. The van der Waals surface area contributed by atoms with Gasteiger partial charge in [0.2, 0.25) is 5.91 Å². The molecule has 1 aromatic carbocycles. The van der Waals surface area contributed by atoms with Crippen molar-refractivity contribution in [3.63, 3.8) is 0 Å². The van der Waals surface area contributed by atoms with Crippen molar-refractivity contribution in [2.75, 3.05) is 5.32 Å². The monoisotopic (exact) mass is 332 g/mol. The predicted octanol–water partition coefficient (Wildman–Crippen LogP) is 3.58. The van der Waals surface area contributed by atoms with E-state index >= 15 is 0 Å². The van der Waals surface area contributed by atoms with Crippen LogP contribution in [0.2, 0.25) is 0 Å². The third-order valence-electron chi connectivity index (χ3n) is 2.69. The highest BCUT2D eigenvalue weighted by molar-refractivity contribution is 5.77. The lowest BCUT2D eigenvalue weighted by molar-refractivity contribution is -0.296. The zero-order valence-corrected chi connectivity index (χ0v) is 11.1.